The highest BCUT2D eigenvalue weighted by molar-refractivity contribution is 5.17. The van der Waals surface area contributed by atoms with E-state index < -0.39 is 0 Å². The molecule has 0 aliphatic carbocycles. The van der Waals surface area contributed by atoms with Crippen molar-refractivity contribution in [3.05, 3.63) is 54.1 Å². The lowest BCUT2D eigenvalue weighted by atomic mass is 9.95. The molecule has 1 saturated heterocycles. The molecule has 0 aromatic carbocycles. The second kappa shape index (κ2) is 6.41. The molecular formula is C17H24N4. The van der Waals surface area contributed by atoms with Crippen molar-refractivity contribution in [3.8, 4) is 0 Å². The van der Waals surface area contributed by atoms with Gasteiger partial charge >= 0.3 is 0 Å². The number of nitrogens with zero attached hydrogens (tertiary/aromatic N) is 3. The van der Waals surface area contributed by atoms with Gasteiger partial charge in [-0.2, -0.15) is 0 Å². The van der Waals surface area contributed by atoms with Gasteiger partial charge < -0.3 is 9.88 Å². The van der Waals surface area contributed by atoms with E-state index in [9.17, 15) is 0 Å². The summed E-state index contributed by atoms with van der Waals surface area (Å²) in [6, 6.07) is 6.90. The fourth-order valence-corrected chi connectivity index (χ4v) is 3.38. The van der Waals surface area contributed by atoms with Crippen LogP contribution in [-0.4, -0.2) is 34.6 Å². The van der Waals surface area contributed by atoms with E-state index in [1.54, 1.807) is 0 Å². The van der Waals surface area contributed by atoms with Crippen LogP contribution in [0.2, 0.25) is 0 Å². The maximum atomic E-state index is 4.28. The van der Waals surface area contributed by atoms with E-state index in [-0.39, 0.29) is 0 Å². The average molecular weight is 284 g/mol. The summed E-state index contributed by atoms with van der Waals surface area (Å²) in [7, 11) is 4.28. The van der Waals surface area contributed by atoms with Gasteiger partial charge in [0.05, 0.1) is 0 Å². The monoisotopic (exact) mass is 284 g/mol. The first-order chi connectivity index (χ1) is 10.2. The molecular weight excluding hydrogens is 260 g/mol. The lowest BCUT2D eigenvalue weighted by molar-refractivity contribution is 0.271. The van der Waals surface area contributed by atoms with E-state index in [1.165, 1.54) is 17.5 Å². The third-order valence-corrected chi connectivity index (χ3v) is 4.43. The molecule has 21 heavy (non-hydrogen) atoms. The Hall–Kier alpha value is -1.65. The van der Waals surface area contributed by atoms with Gasteiger partial charge in [0.2, 0.25) is 0 Å². The fourth-order valence-electron chi connectivity index (χ4n) is 3.38. The van der Waals surface area contributed by atoms with Crippen molar-refractivity contribution >= 4 is 0 Å². The van der Waals surface area contributed by atoms with Crippen molar-refractivity contribution in [2.45, 2.75) is 19.0 Å². The Kier molecular flexibility index (Phi) is 4.36. The van der Waals surface area contributed by atoms with Crippen LogP contribution in [0, 0.1) is 5.92 Å². The number of hydrogen-bond donors (Lipinski definition) is 1. The third kappa shape index (κ3) is 3.34. The largest absolute Gasteiger partial charge is 0.357 e. The average Bonchev–Trinajstić information content (AvgIpc) is 3.06. The molecule has 0 radical (unpaired) electrons. The zero-order valence-electron chi connectivity index (χ0n) is 12.9. The Labute approximate surface area is 126 Å². The molecule has 2 aromatic heterocycles. The first kappa shape index (κ1) is 14.3. The van der Waals surface area contributed by atoms with Gasteiger partial charge in [0.15, 0.2) is 0 Å². The molecule has 3 heterocycles. The summed E-state index contributed by atoms with van der Waals surface area (Å²) in [6.45, 7) is 3.16. The van der Waals surface area contributed by atoms with E-state index in [0.717, 1.165) is 19.6 Å². The molecule has 1 N–H and O–H groups in total. The molecule has 1 aliphatic rings. The molecule has 0 saturated carbocycles. The second-order valence-electron chi connectivity index (χ2n) is 6.08. The number of hydrogen-bond acceptors (Lipinski definition) is 3. The van der Waals surface area contributed by atoms with E-state index in [0.29, 0.717) is 12.0 Å². The summed E-state index contributed by atoms with van der Waals surface area (Å²) in [5, 5.41) is 3.62. The summed E-state index contributed by atoms with van der Waals surface area (Å²) in [6.07, 6.45) is 9.38. The van der Waals surface area contributed by atoms with Crippen LogP contribution in [0.1, 0.15) is 23.6 Å². The van der Waals surface area contributed by atoms with Crippen molar-refractivity contribution in [2.75, 3.05) is 20.1 Å². The number of aryl methyl sites for hydroxylation is 1. The highest BCUT2D eigenvalue weighted by Gasteiger charge is 2.32. The van der Waals surface area contributed by atoms with E-state index in [4.69, 9.17) is 0 Å². The van der Waals surface area contributed by atoms with Gasteiger partial charge in [-0.3, -0.25) is 9.88 Å². The van der Waals surface area contributed by atoms with Crippen LogP contribution in [-0.2, 0) is 13.6 Å². The van der Waals surface area contributed by atoms with Crippen LogP contribution in [0.5, 0.6) is 0 Å². The van der Waals surface area contributed by atoms with Gasteiger partial charge in [-0.15, -0.1) is 0 Å². The minimum Gasteiger partial charge on any atom is -0.357 e. The molecule has 3 rings (SSSR count). The van der Waals surface area contributed by atoms with Crippen molar-refractivity contribution in [1.29, 1.82) is 0 Å². The van der Waals surface area contributed by atoms with Gasteiger partial charge in [0, 0.05) is 51.0 Å². The Bertz CT molecular complexity index is 563. The molecule has 2 atom stereocenters. The number of rotatable bonds is 5. The van der Waals surface area contributed by atoms with Crippen LogP contribution in [0.4, 0.5) is 0 Å². The number of nitrogens with one attached hydrogen (secondary N) is 1. The van der Waals surface area contributed by atoms with Gasteiger partial charge in [-0.25, -0.2) is 0 Å². The molecule has 4 heteroatoms. The second-order valence-corrected chi connectivity index (χ2v) is 6.08. The zero-order chi connectivity index (χ0) is 14.7. The summed E-state index contributed by atoms with van der Waals surface area (Å²) < 4.78 is 2.10. The van der Waals surface area contributed by atoms with E-state index in [1.807, 2.05) is 18.5 Å². The predicted octanol–water partition coefficient (Wildman–Crippen LogP) is 2.20. The Balaban J connectivity index is 1.59. The number of pyridine rings is 1. The Morgan fingerprint density at radius 3 is 2.95 bits per heavy atom. The van der Waals surface area contributed by atoms with Crippen molar-refractivity contribution in [1.82, 2.24) is 19.8 Å². The van der Waals surface area contributed by atoms with Crippen molar-refractivity contribution in [3.63, 3.8) is 0 Å². The Morgan fingerprint density at radius 2 is 2.24 bits per heavy atom. The third-order valence-electron chi connectivity index (χ3n) is 4.43. The van der Waals surface area contributed by atoms with Crippen LogP contribution in [0.3, 0.4) is 0 Å². The Morgan fingerprint density at radius 1 is 1.33 bits per heavy atom. The van der Waals surface area contributed by atoms with E-state index in [2.05, 4.69) is 58.4 Å². The molecule has 0 spiro atoms. The smallest absolute Gasteiger partial charge is 0.0401 e. The van der Waals surface area contributed by atoms with Gasteiger partial charge in [-0.1, -0.05) is 6.07 Å². The summed E-state index contributed by atoms with van der Waals surface area (Å²) in [5.41, 5.74) is 2.69. The molecule has 4 nitrogen and oxygen atoms in total. The number of aromatic nitrogens is 2. The van der Waals surface area contributed by atoms with E-state index >= 15 is 0 Å². The van der Waals surface area contributed by atoms with Gasteiger partial charge in [-0.05, 0) is 49.2 Å². The first-order valence-electron chi connectivity index (χ1n) is 7.66. The molecule has 2 aromatic rings. The topological polar surface area (TPSA) is 33.1 Å². The standard InChI is InChI=1S/C17H24N4/c1-20-8-5-14(13-20)10-19-12-16-6-9-21(2)17(16)15-4-3-7-18-11-15/h3-5,7-8,11,13,16-17,19H,6,9-10,12H2,1-2H3/t16-,17-/m0/s1. The fraction of sp³-hybridized carbons (Fsp3) is 0.471. The van der Waals surface area contributed by atoms with Crippen LogP contribution >= 0.6 is 0 Å². The van der Waals surface area contributed by atoms with Crippen LogP contribution < -0.4 is 5.32 Å². The van der Waals surface area contributed by atoms with Crippen molar-refractivity contribution in [2.24, 2.45) is 13.0 Å². The highest BCUT2D eigenvalue weighted by Crippen LogP contribution is 2.35. The highest BCUT2D eigenvalue weighted by atomic mass is 15.2. The molecule has 0 bridgehead atoms. The minimum absolute atomic E-state index is 0.488. The molecule has 1 aliphatic heterocycles. The molecule has 0 unspecified atom stereocenters. The maximum absolute atomic E-state index is 4.28. The zero-order valence-corrected chi connectivity index (χ0v) is 12.9. The van der Waals surface area contributed by atoms with Crippen LogP contribution in [0.25, 0.3) is 0 Å². The summed E-state index contributed by atoms with van der Waals surface area (Å²) in [4.78, 5) is 6.73. The van der Waals surface area contributed by atoms with Gasteiger partial charge in [0.25, 0.3) is 0 Å². The van der Waals surface area contributed by atoms with Gasteiger partial charge in [0.1, 0.15) is 0 Å². The molecule has 1 fully saturated rings. The number of likely N-dealkylation sites (tertiary alicyclic amines) is 1. The quantitative estimate of drug-likeness (QED) is 0.914. The lowest BCUT2D eigenvalue weighted by Crippen LogP contribution is -2.28. The molecule has 112 valence electrons. The lowest BCUT2D eigenvalue weighted by Gasteiger charge is -2.25. The van der Waals surface area contributed by atoms with Crippen molar-refractivity contribution < 1.29 is 0 Å². The summed E-state index contributed by atoms with van der Waals surface area (Å²) >= 11 is 0. The SMILES string of the molecule is CN1CC[C@@H](CNCc2ccn(C)c2)[C@@H]1c1cccnc1. The predicted molar refractivity (Wildman–Crippen MR) is 84.8 cm³/mol. The maximum Gasteiger partial charge on any atom is 0.0401 e. The summed E-state index contributed by atoms with van der Waals surface area (Å²) in [5.74, 6) is 0.655. The molecule has 0 amide bonds. The minimum atomic E-state index is 0.488. The first-order valence-corrected chi connectivity index (χ1v) is 7.66. The van der Waals surface area contributed by atoms with Crippen LogP contribution in [0.15, 0.2) is 43.0 Å². The normalized spacial score (nSPS) is 22.8.